The van der Waals surface area contributed by atoms with Gasteiger partial charge in [-0.1, -0.05) is 35.5 Å². The zero-order valence-electron chi connectivity index (χ0n) is 11.2. The molecule has 0 saturated carbocycles. The minimum atomic E-state index is -0.157. The van der Waals surface area contributed by atoms with E-state index in [0.29, 0.717) is 24.7 Å². The van der Waals surface area contributed by atoms with Crippen LogP contribution in [0.25, 0.3) is 0 Å². The molecule has 0 aliphatic rings. The topological polar surface area (TPSA) is 74.2 Å². The van der Waals surface area contributed by atoms with E-state index in [1.165, 1.54) is 0 Å². The highest BCUT2D eigenvalue weighted by Gasteiger charge is 2.16. The summed E-state index contributed by atoms with van der Waals surface area (Å²) >= 11 is 0. The van der Waals surface area contributed by atoms with E-state index in [2.05, 4.69) is 10.1 Å². The fraction of sp³-hybridized carbons (Fsp3) is 0.429. The number of hydrogen-bond donors (Lipinski definition) is 1. The van der Waals surface area contributed by atoms with E-state index in [0.717, 1.165) is 5.56 Å². The highest BCUT2D eigenvalue weighted by molar-refractivity contribution is 5.19. The highest BCUT2D eigenvalue weighted by Crippen LogP contribution is 2.17. The average Bonchev–Trinajstić information content (AvgIpc) is 2.88. The van der Waals surface area contributed by atoms with Crippen molar-refractivity contribution in [2.24, 2.45) is 5.73 Å². The van der Waals surface area contributed by atoms with Crippen molar-refractivity contribution in [3.63, 3.8) is 0 Å². The molecule has 5 heteroatoms. The summed E-state index contributed by atoms with van der Waals surface area (Å²) in [6, 6.07) is 9.73. The van der Waals surface area contributed by atoms with Crippen molar-refractivity contribution in [3.05, 3.63) is 47.6 Å². The molecule has 1 heterocycles. The molecular formula is C14H19N3O2. The van der Waals surface area contributed by atoms with Gasteiger partial charge in [-0.3, -0.25) is 0 Å². The number of rotatable bonds is 6. The van der Waals surface area contributed by atoms with Crippen LogP contribution in [0.15, 0.2) is 34.9 Å². The van der Waals surface area contributed by atoms with Gasteiger partial charge in [0.2, 0.25) is 5.89 Å². The van der Waals surface area contributed by atoms with Crippen LogP contribution in [0.2, 0.25) is 0 Å². The molecule has 2 aromatic rings. The Kier molecular flexibility index (Phi) is 4.65. The lowest BCUT2D eigenvalue weighted by Crippen LogP contribution is -2.13. The Hall–Kier alpha value is -1.72. The van der Waals surface area contributed by atoms with Gasteiger partial charge in [0.1, 0.15) is 6.10 Å². The smallest absolute Gasteiger partial charge is 0.228 e. The Morgan fingerprint density at radius 1 is 1.32 bits per heavy atom. The van der Waals surface area contributed by atoms with Crippen LogP contribution in [0.5, 0.6) is 0 Å². The molecule has 2 N–H and O–H groups in total. The maximum Gasteiger partial charge on any atom is 0.228 e. The van der Waals surface area contributed by atoms with Crippen molar-refractivity contribution < 1.29 is 9.26 Å². The lowest BCUT2D eigenvalue weighted by atomic mass is 10.1. The Morgan fingerprint density at radius 3 is 2.74 bits per heavy atom. The van der Waals surface area contributed by atoms with Crippen molar-refractivity contribution in [2.75, 3.05) is 6.61 Å². The van der Waals surface area contributed by atoms with Crippen LogP contribution in [-0.4, -0.2) is 16.7 Å². The third-order valence-corrected chi connectivity index (χ3v) is 2.89. The average molecular weight is 261 g/mol. The molecule has 0 fully saturated rings. The maximum absolute atomic E-state index is 6.11. The molecule has 2 rings (SSSR count). The van der Waals surface area contributed by atoms with Crippen LogP contribution >= 0.6 is 0 Å². The first-order valence-electron chi connectivity index (χ1n) is 6.45. The number of nitrogens with two attached hydrogens (primary N) is 1. The lowest BCUT2D eigenvalue weighted by Gasteiger charge is -2.08. The van der Waals surface area contributed by atoms with E-state index in [-0.39, 0.29) is 12.1 Å². The van der Waals surface area contributed by atoms with E-state index >= 15 is 0 Å². The Labute approximate surface area is 112 Å². The van der Waals surface area contributed by atoms with Gasteiger partial charge in [0.05, 0.1) is 0 Å². The van der Waals surface area contributed by atoms with Crippen LogP contribution < -0.4 is 5.73 Å². The largest absolute Gasteiger partial charge is 0.371 e. The van der Waals surface area contributed by atoms with Crippen molar-refractivity contribution in [1.29, 1.82) is 0 Å². The van der Waals surface area contributed by atoms with Crippen molar-refractivity contribution in [2.45, 2.75) is 32.4 Å². The van der Waals surface area contributed by atoms with Crippen molar-refractivity contribution in [1.82, 2.24) is 10.1 Å². The normalized spacial score (nSPS) is 14.3. The quantitative estimate of drug-likeness (QED) is 0.864. The fourth-order valence-corrected chi connectivity index (χ4v) is 1.85. The summed E-state index contributed by atoms with van der Waals surface area (Å²) < 4.78 is 10.6. The maximum atomic E-state index is 6.11. The molecule has 5 nitrogen and oxygen atoms in total. The second-order valence-electron chi connectivity index (χ2n) is 4.37. The summed E-state index contributed by atoms with van der Waals surface area (Å²) in [4.78, 5) is 4.31. The first-order valence-corrected chi connectivity index (χ1v) is 6.45. The standard InChI is InChI=1S/C14H19N3O2/c1-3-18-10(2)14-16-13(19-17-14)9-12(15)11-7-5-4-6-8-11/h4-8,10,12H,3,9,15H2,1-2H3. The summed E-state index contributed by atoms with van der Waals surface area (Å²) in [6.07, 6.45) is 0.367. The number of nitrogens with zero attached hydrogens (tertiary/aromatic N) is 2. The summed E-state index contributed by atoms with van der Waals surface area (Å²) in [5.41, 5.74) is 7.17. The fourth-order valence-electron chi connectivity index (χ4n) is 1.85. The number of aromatic nitrogens is 2. The minimum Gasteiger partial charge on any atom is -0.371 e. The van der Waals surface area contributed by atoms with Crippen molar-refractivity contribution >= 4 is 0 Å². The van der Waals surface area contributed by atoms with Gasteiger partial charge < -0.3 is 15.0 Å². The summed E-state index contributed by atoms with van der Waals surface area (Å²) in [5.74, 6) is 1.11. The molecule has 1 aromatic carbocycles. The summed E-state index contributed by atoms with van der Waals surface area (Å²) in [6.45, 7) is 4.45. The molecule has 0 saturated heterocycles. The summed E-state index contributed by atoms with van der Waals surface area (Å²) in [7, 11) is 0. The van der Waals surface area contributed by atoms with Gasteiger partial charge >= 0.3 is 0 Å². The Morgan fingerprint density at radius 2 is 2.05 bits per heavy atom. The third-order valence-electron chi connectivity index (χ3n) is 2.89. The van der Waals surface area contributed by atoms with Crippen LogP contribution in [0.3, 0.4) is 0 Å². The molecule has 0 bridgehead atoms. The zero-order chi connectivity index (χ0) is 13.7. The van der Waals surface area contributed by atoms with Crippen molar-refractivity contribution in [3.8, 4) is 0 Å². The van der Waals surface area contributed by atoms with Gasteiger partial charge in [-0.05, 0) is 19.4 Å². The number of hydrogen-bond acceptors (Lipinski definition) is 5. The Balaban J connectivity index is 2.00. The van der Waals surface area contributed by atoms with Gasteiger partial charge in [-0.15, -0.1) is 0 Å². The van der Waals surface area contributed by atoms with Crippen LogP contribution in [0, 0.1) is 0 Å². The van der Waals surface area contributed by atoms with Crippen LogP contribution in [-0.2, 0) is 11.2 Å². The predicted molar refractivity (Wildman–Crippen MR) is 71.4 cm³/mol. The first-order chi connectivity index (χ1) is 9.20. The van der Waals surface area contributed by atoms with Gasteiger partial charge in [-0.25, -0.2) is 0 Å². The molecule has 102 valence electrons. The summed E-state index contributed by atoms with van der Waals surface area (Å²) in [5, 5.41) is 3.91. The second kappa shape index (κ2) is 6.45. The Bertz CT molecular complexity index is 498. The number of ether oxygens (including phenoxy) is 1. The van der Waals surface area contributed by atoms with Crippen LogP contribution in [0.4, 0.5) is 0 Å². The van der Waals surface area contributed by atoms with E-state index in [1.54, 1.807) is 0 Å². The predicted octanol–water partition coefficient (Wildman–Crippen LogP) is 2.41. The molecular weight excluding hydrogens is 242 g/mol. The first kappa shape index (κ1) is 13.7. The van der Waals surface area contributed by atoms with E-state index < -0.39 is 0 Å². The highest BCUT2D eigenvalue weighted by atomic mass is 16.5. The monoisotopic (exact) mass is 261 g/mol. The van der Waals surface area contributed by atoms with Gasteiger partial charge in [-0.2, -0.15) is 4.98 Å². The zero-order valence-corrected chi connectivity index (χ0v) is 11.2. The second-order valence-corrected chi connectivity index (χ2v) is 4.37. The molecule has 2 atom stereocenters. The molecule has 0 spiro atoms. The van der Waals surface area contributed by atoms with Gasteiger partial charge in [0.15, 0.2) is 5.82 Å². The van der Waals surface area contributed by atoms with E-state index in [9.17, 15) is 0 Å². The van der Waals surface area contributed by atoms with E-state index in [4.69, 9.17) is 15.0 Å². The lowest BCUT2D eigenvalue weighted by molar-refractivity contribution is 0.0683. The van der Waals surface area contributed by atoms with Crippen LogP contribution in [0.1, 0.15) is 43.3 Å². The molecule has 2 unspecified atom stereocenters. The number of benzene rings is 1. The minimum absolute atomic E-state index is 0.142. The molecule has 0 amide bonds. The molecule has 0 radical (unpaired) electrons. The van der Waals surface area contributed by atoms with E-state index in [1.807, 2.05) is 44.2 Å². The molecule has 0 aliphatic heterocycles. The molecule has 19 heavy (non-hydrogen) atoms. The SMILES string of the molecule is CCOC(C)c1noc(CC(N)c2ccccc2)n1. The van der Waals surface area contributed by atoms with Gasteiger partial charge in [0, 0.05) is 19.1 Å². The molecule has 1 aromatic heterocycles. The third kappa shape index (κ3) is 3.62. The van der Waals surface area contributed by atoms with Gasteiger partial charge in [0.25, 0.3) is 0 Å². The molecule has 0 aliphatic carbocycles.